The second-order valence-corrected chi connectivity index (χ2v) is 11.9. The summed E-state index contributed by atoms with van der Waals surface area (Å²) in [5, 5.41) is 12.1. The molecular weight excluding hydrogens is 534 g/mol. The van der Waals surface area contributed by atoms with E-state index in [1.54, 1.807) is 18.2 Å². The third-order valence-electron chi connectivity index (χ3n) is 7.70. The number of sulfonamides is 1. The van der Waals surface area contributed by atoms with E-state index in [-0.39, 0.29) is 41.4 Å². The fourth-order valence-electron chi connectivity index (χ4n) is 5.83. The lowest BCUT2D eigenvalue weighted by atomic mass is 9.91. The molecule has 1 aliphatic carbocycles. The minimum Gasteiger partial charge on any atom is -0.495 e. The smallest absolute Gasteiger partial charge is 0.303 e. The number of carboxylic acids is 1. The largest absolute Gasteiger partial charge is 0.495 e. The second kappa shape index (κ2) is 9.67. The summed E-state index contributed by atoms with van der Waals surface area (Å²) in [6.07, 6.45) is 3.82. The molecule has 206 valence electrons. The van der Waals surface area contributed by atoms with Gasteiger partial charge in [-0.2, -0.15) is 0 Å². The van der Waals surface area contributed by atoms with Crippen molar-refractivity contribution in [3.05, 3.63) is 70.0 Å². The maximum atomic E-state index is 13.9. The van der Waals surface area contributed by atoms with Gasteiger partial charge in [-0.05, 0) is 55.0 Å². The minimum atomic E-state index is -4.04. The van der Waals surface area contributed by atoms with Gasteiger partial charge >= 0.3 is 5.97 Å². The summed E-state index contributed by atoms with van der Waals surface area (Å²) in [7, 11) is -2.67. The molecule has 2 aromatic carbocycles. The number of ketones is 1. The molecule has 3 heterocycles. The molecular formula is C29H27N3O7S. The molecule has 6 rings (SSSR count). The van der Waals surface area contributed by atoms with E-state index in [9.17, 15) is 27.9 Å². The number of Topliss-reactive ketones (excluding diaryl/α,β-unsaturated/α-hetero) is 1. The van der Waals surface area contributed by atoms with Gasteiger partial charge in [0.15, 0.2) is 5.78 Å². The Labute approximate surface area is 230 Å². The second-order valence-electron chi connectivity index (χ2n) is 10.1. The molecule has 0 atom stereocenters. The number of nitrogens with one attached hydrogen (secondary N) is 2. The van der Waals surface area contributed by atoms with Crippen LogP contribution in [-0.2, 0) is 38.9 Å². The van der Waals surface area contributed by atoms with Crippen LogP contribution in [0.4, 0.5) is 11.4 Å². The van der Waals surface area contributed by atoms with Gasteiger partial charge in [-0.15, -0.1) is 0 Å². The predicted molar refractivity (Wildman–Crippen MR) is 148 cm³/mol. The van der Waals surface area contributed by atoms with Crippen molar-refractivity contribution in [1.82, 2.24) is 4.98 Å². The van der Waals surface area contributed by atoms with E-state index in [2.05, 4.69) is 10.3 Å². The Balaban J connectivity index is 1.47. The monoisotopic (exact) mass is 561 g/mol. The third-order valence-corrected chi connectivity index (χ3v) is 9.54. The first-order valence-corrected chi connectivity index (χ1v) is 14.5. The number of hydrogen-bond acceptors (Lipinski definition) is 6. The molecule has 0 spiro atoms. The zero-order valence-electron chi connectivity index (χ0n) is 21.7. The molecule has 3 aromatic rings. The van der Waals surface area contributed by atoms with Crippen LogP contribution in [0.3, 0.4) is 0 Å². The summed E-state index contributed by atoms with van der Waals surface area (Å²) in [5.41, 5.74) is 4.80. The fraction of sp³-hybridized carbons (Fsp3) is 0.276. The van der Waals surface area contributed by atoms with Crippen LogP contribution < -0.4 is 14.4 Å². The van der Waals surface area contributed by atoms with Crippen molar-refractivity contribution >= 4 is 50.7 Å². The van der Waals surface area contributed by atoms with Gasteiger partial charge in [-0.25, -0.2) is 8.42 Å². The summed E-state index contributed by atoms with van der Waals surface area (Å²) >= 11 is 0. The van der Waals surface area contributed by atoms with E-state index in [4.69, 9.17) is 4.74 Å². The van der Waals surface area contributed by atoms with Crippen LogP contribution in [0.1, 0.15) is 57.7 Å². The molecule has 11 heteroatoms. The van der Waals surface area contributed by atoms with Crippen molar-refractivity contribution in [2.45, 2.75) is 43.4 Å². The van der Waals surface area contributed by atoms with Crippen LogP contribution in [0.25, 0.3) is 11.6 Å². The SMILES string of the molecule is COc1cc2c(cc1S(=O)(=O)N1CCc3ccccc31)C(=Cc1[nH]c3c(c1CCC(=O)O)C(=O)CCC3)C(=O)N2. The molecule has 3 aliphatic rings. The normalized spacial score (nSPS) is 17.0. The molecule has 0 bridgehead atoms. The number of para-hydroxylation sites is 1. The number of anilines is 2. The fourth-order valence-corrected chi connectivity index (χ4v) is 7.50. The van der Waals surface area contributed by atoms with Gasteiger partial charge in [0.1, 0.15) is 10.6 Å². The van der Waals surface area contributed by atoms with Crippen molar-refractivity contribution in [2.75, 3.05) is 23.3 Å². The summed E-state index contributed by atoms with van der Waals surface area (Å²) < 4.78 is 34.6. The number of hydrogen-bond donors (Lipinski definition) is 3. The quantitative estimate of drug-likeness (QED) is 0.372. The highest BCUT2D eigenvalue weighted by Gasteiger charge is 2.36. The Morgan fingerprint density at radius 2 is 1.95 bits per heavy atom. The maximum Gasteiger partial charge on any atom is 0.303 e. The number of aryl methyl sites for hydroxylation is 1. The molecule has 3 N–H and O–H groups in total. The Kier molecular flexibility index (Phi) is 6.25. The number of nitrogens with zero attached hydrogens (tertiary/aromatic N) is 1. The summed E-state index contributed by atoms with van der Waals surface area (Å²) in [6, 6.07) is 10.3. The van der Waals surface area contributed by atoms with E-state index < -0.39 is 21.9 Å². The number of carbonyl (C=O) groups is 3. The highest BCUT2D eigenvalue weighted by Crippen LogP contribution is 2.43. The van der Waals surface area contributed by atoms with Crippen LogP contribution >= 0.6 is 0 Å². The van der Waals surface area contributed by atoms with Crippen molar-refractivity contribution in [3.8, 4) is 5.75 Å². The number of aromatic amines is 1. The van der Waals surface area contributed by atoms with Gasteiger partial charge < -0.3 is 20.1 Å². The number of carbonyl (C=O) groups excluding carboxylic acids is 2. The number of H-pyrrole nitrogens is 1. The number of aliphatic carboxylic acids is 1. The number of ether oxygens (including phenoxy) is 1. The zero-order valence-corrected chi connectivity index (χ0v) is 22.6. The maximum absolute atomic E-state index is 13.9. The minimum absolute atomic E-state index is 0.0529. The van der Waals surface area contributed by atoms with Crippen LogP contribution in [0.15, 0.2) is 41.3 Å². The van der Waals surface area contributed by atoms with Crippen molar-refractivity contribution in [1.29, 1.82) is 0 Å². The van der Waals surface area contributed by atoms with Gasteiger partial charge in [-0.1, -0.05) is 18.2 Å². The first-order valence-electron chi connectivity index (χ1n) is 13.0. The number of carboxylic acid groups (broad SMARTS) is 1. The average molecular weight is 562 g/mol. The molecule has 0 fully saturated rings. The van der Waals surface area contributed by atoms with Gasteiger partial charge in [0.05, 0.1) is 24.1 Å². The van der Waals surface area contributed by atoms with E-state index in [1.807, 2.05) is 12.1 Å². The number of fused-ring (bicyclic) bond motifs is 3. The molecule has 0 unspecified atom stereocenters. The Bertz CT molecular complexity index is 1740. The van der Waals surface area contributed by atoms with Crippen LogP contribution in [0.2, 0.25) is 0 Å². The van der Waals surface area contributed by atoms with Gasteiger partial charge in [0, 0.05) is 48.0 Å². The van der Waals surface area contributed by atoms with E-state index in [0.29, 0.717) is 59.4 Å². The summed E-state index contributed by atoms with van der Waals surface area (Å²) in [6.45, 7) is 0.288. The molecule has 1 amide bonds. The average Bonchev–Trinajstić information content (AvgIpc) is 3.60. The number of amides is 1. The van der Waals surface area contributed by atoms with Gasteiger partial charge in [0.25, 0.3) is 15.9 Å². The lowest BCUT2D eigenvalue weighted by Crippen LogP contribution is -2.29. The first kappa shape index (κ1) is 25.9. The highest BCUT2D eigenvalue weighted by atomic mass is 32.2. The molecule has 2 aliphatic heterocycles. The summed E-state index contributed by atoms with van der Waals surface area (Å²) in [5.74, 6) is -1.39. The Morgan fingerprint density at radius 3 is 2.73 bits per heavy atom. The predicted octanol–water partition coefficient (Wildman–Crippen LogP) is 3.80. The van der Waals surface area contributed by atoms with Crippen LogP contribution in [-0.4, -0.2) is 49.8 Å². The molecule has 1 aromatic heterocycles. The zero-order chi connectivity index (χ0) is 28.2. The molecule has 10 nitrogen and oxygen atoms in total. The third kappa shape index (κ3) is 4.17. The number of rotatable bonds is 7. The Morgan fingerprint density at radius 1 is 1.15 bits per heavy atom. The molecule has 0 radical (unpaired) electrons. The van der Waals surface area contributed by atoms with Crippen LogP contribution in [0, 0.1) is 0 Å². The van der Waals surface area contributed by atoms with E-state index in [1.165, 1.54) is 23.5 Å². The molecule has 0 saturated heterocycles. The number of methoxy groups -OCH3 is 1. The van der Waals surface area contributed by atoms with Gasteiger partial charge in [0.2, 0.25) is 0 Å². The van der Waals surface area contributed by atoms with Crippen molar-refractivity contribution in [3.63, 3.8) is 0 Å². The first-order chi connectivity index (χ1) is 19.2. The number of aromatic nitrogens is 1. The van der Waals surface area contributed by atoms with Gasteiger partial charge in [-0.3, -0.25) is 18.7 Å². The van der Waals surface area contributed by atoms with Crippen molar-refractivity contribution in [2.24, 2.45) is 0 Å². The Hall–Kier alpha value is -4.38. The van der Waals surface area contributed by atoms with E-state index in [0.717, 1.165) is 11.3 Å². The number of benzene rings is 2. The lowest BCUT2D eigenvalue weighted by Gasteiger charge is -2.21. The van der Waals surface area contributed by atoms with Crippen molar-refractivity contribution < 1.29 is 32.6 Å². The lowest BCUT2D eigenvalue weighted by molar-refractivity contribution is -0.137. The molecule has 40 heavy (non-hydrogen) atoms. The molecule has 0 saturated carbocycles. The highest BCUT2D eigenvalue weighted by molar-refractivity contribution is 7.93. The standard InChI is InChI=1S/C29H27N3O7S/c1-39-25-15-22-18(14-26(25)40(37,38)32-12-11-16-5-2-3-7-23(16)32)19(29(36)31-22)13-21-17(9-10-27(34)35)28-20(30-21)6-4-8-24(28)33/h2-3,5,7,13-15,30H,4,6,8-12H2,1H3,(H,31,36)(H,34,35). The topological polar surface area (TPSA) is 146 Å². The van der Waals surface area contributed by atoms with Crippen LogP contribution in [0.5, 0.6) is 5.75 Å². The van der Waals surface area contributed by atoms with E-state index >= 15 is 0 Å². The summed E-state index contributed by atoms with van der Waals surface area (Å²) in [4.78, 5) is 40.4.